The number of carbonyl (C=O) groups is 1. The quantitative estimate of drug-likeness (QED) is 0.676. The Kier molecular flexibility index (Phi) is 6.30. The molecule has 0 aliphatic rings. The molecule has 0 aliphatic heterocycles. The summed E-state index contributed by atoms with van der Waals surface area (Å²) in [7, 11) is -3.86. The Bertz CT molecular complexity index is 934. The summed E-state index contributed by atoms with van der Waals surface area (Å²) in [5, 5.41) is 10.4. The third-order valence-corrected chi connectivity index (χ3v) is 6.59. The van der Waals surface area contributed by atoms with Crippen molar-refractivity contribution in [3.05, 3.63) is 34.9 Å². The number of amides is 1. The molecule has 0 spiro atoms. The van der Waals surface area contributed by atoms with E-state index in [1.54, 1.807) is 24.3 Å². The van der Waals surface area contributed by atoms with Crippen molar-refractivity contribution in [2.45, 2.75) is 50.9 Å². The van der Waals surface area contributed by atoms with E-state index >= 15 is 0 Å². The van der Waals surface area contributed by atoms with Crippen LogP contribution >= 0.6 is 22.9 Å². The van der Waals surface area contributed by atoms with Gasteiger partial charge in [-0.3, -0.25) is 10.1 Å². The van der Waals surface area contributed by atoms with Gasteiger partial charge < -0.3 is 0 Å². The van der Waals surface area contributed by atoms with Crippen LogP contribution in [0.2, 0.25) is 5.02 Å². The molecule has 1 heterocycles. The SMILES string of the molecule is CC(C)(C)CC(C)(C)NS(=O)(=O)c1nnc(NC(=O)c2ccccc2Cl)s1. The first-order valence-electron chi connectivity index (χ1n) is 8.22. The van der Waals surface area contributed by atoms with Crippen LogP contribution in [-0.4, -0.2) is 30.1 Å². The van der Waals surface area contributed by atoms with E-state index in [1.807, 2.05) is 34.6 Å². The molecule has 0 atom stereocenters. The summed E-state index contributed by atoms with van der Waals surface area (Å²) >= 11 is 6.77. The van der Waals surface area contributed by atoms with Crippen LogP contribution in [0.5, 0.6) is 0 Å². The van der Waals surface area contributed by atoms with E-state index in [2.05, 4.69) is 20.2 Å². The van der Waals surface area contributed by atoms with Gasteiger partial charge in [-0.25, -0.2) is 13.1 Å². The number of nitrogens with zero attached hydrogens (tertiary/aromatic N) is 2. The van der Waals surface area contributed by atoms with Crippen molar-refractivity contribution in [3.63, 3.8) is 0 Å². The molecule has 1 aromatic heterocycles. The van der Waals surface area contributed by atoms with Gasteiger partial charge in [0.05, 0.1) is 10.6 Å². The number of nitrogens with one attached hydrogen (secondary N) is 2. The van der Waals surface area contributed by atoms with Gasteiger partial charge in [-0.05, 0) is 37.8 Å². The molecule has 0 saturated heterocycles. The molecule has 1 aromatic carbocycles. The number of benzene rings is 1. The van der Waals surface area contributed by atoms with Crippen LogP contribution < -0.4 is 10.0 Å². The molecule has 0 bridgehead atoms. The Labute approximate surface area is 168 Å². The van der Waals surface area contributed by atoms with E-state index in [0.29, 0.717) is 6.42 Å². The molecule has 10 heteroatoms. The third kappa shape index (κ3) is 6.24. The zero-order chi connectivity index (χ0) is 20.5. The fourth-order valence-electron chi connectivity index (χ4n) is 2.95. The second-order valence-corrected chi connectivity index (χ2v) is 11.3. The molecule has 2 aromatic rings. The van der Waals surface area contributed by atoms with Crippen molar-refractivity contribution < 1.29 is 13.2 Å². The van der Waals surface area contributed by atoms with Gasteiger partial charge in [0.15, 0.2) is 0 Å². The average Bonchev–Trinajstić information content (AvgIpc) is 2.93. The van der Waals surface area contributed by atoms with Crippen LogP contribution in [0, 0.1) is 5.41 Å². The molecule has 2 rings (SSSR count). The lowest BCUT2D eigenvalue weighted by molar-refractivity contribution is 0.102. The average molecular weight is 431 g/mol. The van der Waals surface area contributed by atoms with Crippen molar-refractivity contribution in [2.24, 2.45) is 5.41 Å². The van der Waals surface area contributed by atoms with Gasteiger partial charge in [-0.2, -0.15) is 0 Å². The summed E-state index contributed by atoms with van der Waals surface area (Å²) in [6.45, 7) is 9.75. The zero-order valence-corrected chi connectivity index (χ0v) is 18.2. The van der Waals surface area contributed by atoms with Crippen LogP contribution in [0.3, 0.4) is 0 Å². The summed E-state index contributed by atoms with van der Waals surface area (Å²) in [5.41, 5.74) is -0.450. The molecule has 0 fully saturated rings. The van der Waals surface area contributed by atoms with Gasteiger partial charge in [-0.15, -0.1) is 10.2 Å². The number of anilines is 1. The Morgan fingerprint density at radius 1 is 1.15 bits per heavy atom. The van der Waals surface area contributed by atoms with Crippen molar-refractivity contribution in [1.82, 2.24) is 14.9 Å². The topological polar surface area (TPSA) is 101 Å². The maximum absolute atomic E-state index is 12.6. The summed E-state index contributed by atoms with van der Waals surface area (Å²) in [5.74, 6) is -0.485. The number of carbonyl (C=O) groups excluding carboxylic acids is 1. The van der Waals surface area contributed by atoms with E-state index < -0.39 is 21.5 Å². The second kappa shape index (κ2) is 7.83. The van der Waals surface area contributed by atoms with Crippen LogP contribution in [0.15, 0.2) is 28.6 Å². The molecule has 1 amide bonds. The summed E-state index contributed by atoms with van der Waals surface area (Å²) in [4.78, 5) is 12.3. The smallest absolute Gasteiger partial charge is 0.270 e. The maximum atomic E-state index is 12.6. The highest BCUT2D eigenvalue weighted by Crippen LogP contribution is 2.29. The lowest BCUT2D eigenvalue weighted by Crippen LogP contribution is -2.45. The fourth-order valence-corrected chi connectivity index (χ4v) is 5.48. The monoisotopic (exact) mass is 430 g/mol. The highest BCUT2D eigenvalue weighted by atomic mass is 35.5. The summed E-state index contributed by atoms with van der Waals surface area (Å²) in [6, 6.07) is 6.54. The highest BCUT2D eigenvalue weighted by Gasteiger charge is 2.32. The van der Waals surface area contributed by atoms with E-state index in [1.165, 1.54) is 0 Å². The molecule has 0 unspecified atom stereocenters. The fraction of sp³-hybridized carbons (Fsp3) is 0.471. The summed E-state index contributed by atoms with van der Waals surface area (Å²) in [6.07, 6.45) is 0.633. The van der Waals surface area contributed by atoms with Crippen molar-refractivity contribution in [3.8, 4) is 0 Å². The van der Waals surface area contributed by atoms with Gasteiger partial charge in [0.2, 0.25) is 9.47 Å². The van der Waals surface area contributed by atoms with Gasteiger partial charge in [0, 0.05) is 5.54 Å². The number of hydrogen-bond donors (Lipinski definition) is 2. The first kappa shape index (κ1) is 21.7. The molecular weight excluding hydrogens is 408 g/mol. The van der Waals surface area contributed by atoms with Gasteiger partial charge in [0.25, 0.3) is 15.9 Å². The number of sulfonamides is 1. The van der Waals surface area contributed by atoms with Gasteiger partial charge in [-0.1, -0.05) is 55.8 Å². The van der Waals surface area contributed by atoms with Crippen LogP contribution in [0.4, 0.5) is 5.13 Å². The maximum Gasteiger partial charge on any atom is 0.270 e. The van der Waals surface area contributed by atoms with Crippen LogP contribution in [-0.2, 0) is 10.0 Å². The zero-order valence-electron chi connectivity index (χ0n) is 15.8. The minimum Gasteiger partial charge on any atom is -0.296 e. The van der Waals surface area contributed by atoms with E-state index in [9.17, 15) is 13.2 Å². The predicted molar refractivity (Wildman–Crippen MR) is 108 cm³/mol. The largest absolute Gasteiger partial charge is 0.296 e. The Hall–Kier alpha value is -1.55. The minimum absolute atomic E-state index is 0.0543. The normalized spacial score (nSPS) is 12.8. The second-order valence-electron chi connectivity index (χ2n) is 8.03. The molecule has 7 nitrogen and oxygen atoms in total. The molecule has 2 N–H and O–H groups in total. The first-order chi connectivity index (χ1) is 12.3. The molecule has 0 aliphatic carbocycles. The number of aromatic nitrogens is 2. The Morgan fingerprint density at radius 2 is 1.78 bits per heavy atom. The highest BCUT2D eigenvalue weighted by molar-refractivity contribution is 7.91. The molecule has 0 saturated carbocycles. The third-order valence-electron chi connectivity index (χ3n) is 3.36. The molecular formula is C17H23ClN4O3S2. The number of rotatable bonds is 6. The standard InChI is InChI=1S/C17H23ClN4O3S2/c1-16(2,3)10-17(4,5)22-27(24,25)15-21-20-14(26-15)19-13(23)11-8-6-7-9-12(11)18/h6-9,22H,10H2,1-5H3,(H,19,20,23). The van der Waals surface area contributed by atoms with E-state index in [-0.39, 0.29) is 25.5 Å². The first-order valence-corrected chi connectivity index (χ1v) is 10.9. The van der Waals surface area contributed by atoms with Crippen molar-refractivity contribution in [2.75, 3.05) is 5.32 Å². The van der Waals surface area contributed by atoms with Crippen molar-refractivity contribution in [1.29, 1.82) is 0 Å². The summed E-state index contributed by atoms with van der Waals surface area (Å²) < 4.78 is 27.7. The molecule has 148 valence electrons. The Morgan fingerprint density at radius 3 is 2.37 bits per heavy atom. The van der Waals surface area contributed by atoms with E-state index in [4.69, 9.17) is 11.6 Å². The lowest BCUT2D eigenvalue weighted by atomic mass is 9.82. The van der Waals surface area contributed by atoms with E-state index in [0.717, 1.165) is 11.3 Å². The van der Waals surface area contributed by atoms with Gasteiger partial charge >= 0.3 is 0 Å². The number of hydrogen-bond acceptors (Lipinski definition) is 6. The Balaban J connectivity index is 2.14. The van der Waals surface area contributed by atoms with Crippen LogP contribution in [0.25, 0.3) is 0 Å². The molecule has 0 radical (unpaired) electrons. The van der Waals surface area contributed by atoms with Crippen molar-refractivity contribution >= 4 is 44.0 Å². The lowest BCUT2D eigenvalue weighted by Gasteiger charge is -2.32. The molecule has 27 heavy (non-hydrogen) atoms. The number of halogens is 1. The minimum atomic E-state index is -3.86. The predicted octanol–water partition coefficient (Wildman–Crippen LogP) is 3.94. The van der Waals surface area contributed by atoms with Crippen LogP contribution in [0.1, 0.15) is 51.4 Å². The van der Waals surface area contributed by atoms with Gasteiger partial charge in [0.1, 0.15) is 0 Å².